The van der Waals surface area contributed by atoms with E-state index in [9.17, 15) is 35.4 Å². The summed E-state index contributed by atoms with van der Waals surface area (Å²) in [6, 6.07) is -0.976. The van der Waals surface area contributed by atoms with E-state index in [0.29, 0.717) is 6.42 Å². The first-order valence-electron chi connectivity index (χ1n) is 25.4. The zero-order valence-corrected chi connectivity index (χ0v) is 39.0. The quantitative estimate of drug-likeness (QED) is 0.0233. The molecule has 0 saturated carbocycles. The topological polar surface area (TPSA) is 169 Å². The number of aliphatic hydroxyl groups excluding tert-OH is 6. The van der Waals surface area contributed by atoms with Crippen LogP contribution < -0.4 is 5.32 Å². The average molecular weight is 856 g/mol. The largest absolute Gasteiger partial charge is 0.394 e. The summed E-state index contributed by atoms with van der Waals surface area (Å²) in [5.74, 6) is 0.152. The highest BCUT2D eigenvalue weighted by Gasteiger charge is 2.44. The van der Waals surface area contributed by atoms with Crippen molar-refractivity contribution in [2.45, 2.75) is 282 Å². The minimum Gasteiger partial charge on any atom is -0.394 e. The molecule has 8 atom stereocenters. The van der Waals surface area contributed by atoms with Crippen molar-refractivity contribution in [3.63, 3.8) is 0 Å². The van der Waals surface area contributed by atoms with E-state index in [1.165, 1.54) is 161 Å². The van der Waals surface area contributed by atoms with Gasteiger partial charge in [0.25, 0.3) is 0 Å². The zero-order chi connectivity index (χ0) is 44.1. The molecule has 356 valence electrons. The van der Waals surface area contributed by atoms with Crippen LogP contribution in [0.5, 0.6) is 0 Å². The smallest absolute Gasteiger partial charge is 0.249 e. The first-order chi connectivity index (χ1) is 29.1. The van der Waals surface area contributed by atoms with Gasteiger partial charge in [-0.25, -0.2) is 0 Å². The Morgan fingerprint density at radius 2 is 1.02 bits per heavy atom. The van der Waals surface area contributed by atoms with Gasteiger partial charge >= 0.3 is 0 Å². The number of hydrogen-bond donors (Lipinski definition) is 7. The van der Waals surface area contributed by atoms with E-state index in [1.54, 1.807) is 6.08 Å². The fourth-order valence-electron chi connectivity index (χ4n) is 8.23. The van der Waals surface area contributed by atoms with E-state index in [-0.39, 0.29) is 6.61 Å². The predicted octanol–water partition coefficient (Wildman–Crippen LogP) is 10.1. The number of carbonyl (C=O) groups excluding carboxylic acids is 1. The molecule has 1 amide bonds. The highest BCUT2D eigenvalue weighted by atomic mass is 16.7. The zero-order valence-electron chi connectivity index (χ0n) is 39.0. The fourth-order valence-corrected chi connectivity index (χ4v) is 8.23. The molecule has 60 heavy (non-hydrogen) atoms. The molecule has 10 heteroatoms. The molecule has 1 aliphatic heterocycles. The molecule has 0 aromatic carbocycles. The van der Waals surface area contributed by atoms with Crippen molar-refractivity contribution in [3.05, 3.63) is 12.2 Å². The molecular formula is C50H97NO9. The van der Waals surface area contributed by atoms with E-state index < -0.39 is 61.5 Å². The molecule has 1 unspecified atom stereocenters. The van der Waals surface area contributed by atoms with Crippen LogP contribution in [0.3, 0.4) is 0 Å². The molecular weight excluding hydrogens is 759 g/mol. The Bertz CT molecular complexity index is 981. The fraction of sp³-hybridized carbons (Fsp3) is 0.940. The maximum absolute atomic E-state index is 13.1. The second-order valence-electron chi connectivity index (χ2n) is 18.6. The van der Waals surface area contributed by atoms with Crippen molar-refractivity contribution in [1.82, 2.24) is 5.32 Å². The minimum absolute atomic E-state index is 0.303. The van der Waals surface area contributed by atoms with Crippen LogP contribution in [0.15, 0.2) is 12.2 Å². The molecule has 1 saturated heterocycles. The standard InChI is InChI=1S/C50H97NO9/c1-4-5-6-7-8-9-10-11-12-13-14-15-16-17-18-19-20-21-22-25-29-32-35-38-44(54)49(58)51-42(40-59-50-48(57)47(56)46(55)45(39-52)60-50)43(53)37-34-31-28-26-23-24-27-30-33-36-41(2)3/h34,37,41-48,50,52-57H,4-33,35-36,38-40H2,1-3H3,(H,51,58)/b37-34+/t42-,43+,44?,45+,46+,47-,48+,50+/m0/s1. The SMILES string of the molecule is CCCCCCCCCCCCCCCCCCCCCCCCCC(O)C(=O)N[C@@H](CO[C@@H]1O[C@H](CO)[C@@H](O)[C@H](O)[C@H]1O)[C@H](O)/C=C/CCCCCCCCCC(C)C. The van der Waals surface area contributed by atoms with Crippen LogP contribution in [0.1, 0.15) is 233 Å². The highest BCUT2D eigenvalue weighted by Crippen LogP contribution is 2.23. The summed E-state index contributed by atoms with van der Waals surface area (Å²) in [5.41, 5.74) is 0. The van der Waals surface area contributed by atoms with Crippen molar-refractivity contribution in [2.24, 2.45) is 5.92 Å². The van der Waals surface area contributed by atoms with Crippen molar-refractivity contribution < 1.29 is 44.9 Å². The Morgan fingerprint density at radius 1 is 0.600 bits per heavy atom. The number of nitrogens with one attached hydrogen (secondary N) is 1. The van der Waals surface area contributed by atoms with Crippen LogP contribution in [-0.4, -0.2) is 98.7 Å². The van der Waals surface area contributed by atoms with Crippen molar-refractivity contribution >= 4 is 5.91 Å². The maximum Gasteiger partial charge on any atom is 0.249 e. The highest BCUT2D eigenvalue weighted by molar-refractivity contribution is 5.80. The van der Waals surface area contributed by atoms with Gasteiger partial charge in [0.15, 0.2) is 6.29 Å². The normalized spacial score (nSPS) is 21.2. The lowest BCUT2D eigenvalue weighted by Crippen LogP contribution is -2.60. The van der Waals surface area contributed by atoms with E-state index in [0.717, 1.165) is 50.9 Å². The van der Waals surface area contributed by atoms with Crippen LogP contribution in [0.25, 0.3) is 0 Å². The van der Waals surface area contributed by atoms with Crippen LogP contribution in [0.2, 0.25) is 0 Å². The van der Waals surface area contributed by atoms with Gasteiger partial charge in [-0.2, -0.15) is 0 Å². The van der Waals surface area contributed by atoms with Crippen LogP contribution >= 0.6 is 0 Å². The van der Waals surface area contributed by atoms with Crippen molar-refractivity contribution in [3.8, 4) is 0 Å². The molecule has 7 N–H and O–H groups in total. The summed E-state index contributed by atoms with van der Waals surface area (Å²) in [6.07, 6.45) is 34.7. The Balaban J connectivity index is 2.28. The molecule has 1 rings (SSSR count). The van der Waals surface area contributed by atoms with Gasteiger partial charge in [0, 0.05) is 0 Å². The van der Waals surface area contributed by atoms with Gasteiger partial charge in [0.2, 0.25) is 5.91 Å². The lowest BCUT2D eigenvalue weighted by atomic mass is 9.99. The number of carbonyl (C=O) groups is 1. The van der Waals surface area contributed by atoms with Gasteiger partial charge in [-0.3, -0.25) is 4.79 Å². The molecule has 0 radical (unpaired) electrons. The summed E-state index contributed by atoms with van der Waals surface area (Å²) >= 11 is 0. The van der Waals surface area contributed by atoms with Crippen LogP contribution in [0.4, 0.5) is 0 Å². The average Bonchev–Trinajstić information content (AvgIpc) is 3.23. The maximum atomic E-state index is 13.1. The van der Waals surface area contributed by atoms with Crippen molar-refractivity contribution in [2.75, 3.05) is 13.2 Å². The molecule has 1 heterocycles. The summed E-state index contributed by atoms with van der Waals surface area (Å²) in [4.78, 5) is 13.1. The Hall–Kier alpha value is -1.11. The van der Waals surface area contributed by atoms with Gasteiger partial charge < -0.3 is 45.4 Å². The summed E-state index contributed by atoms with van der Waals surface area (Å²) in [6.45, 7) is 5.91. The van der Waals surface area contributed by atoms with Crippen LogP contribution in [0, 0.1) is 5.92 Å². The Kier molecular flexibility index (Phi) is 37.4. The first-order valence-corrected chi connectivity index (χ1v) is 25.4. The first kappa shape index (κ1) is 56.9. The van der Waals surface area contributed by atoms with E-state index in [4.69, 9.17) is 9.47 Å². The summed E-state index contributed by atoms with van der Waals surface area (Å²) in [5, 5.41) is 64.7. The third-order valence-electron chi connectivity index (χ3n) is 12.4. The molecule has 10 nitrogen and oxygen atoms in total. The van der Waals surface area contributed by atoms with E-state index in [2.05, 4.69) is 26.1 Å². The second kappa shape index (κ2) is 39.5. The number of ether oxygens (including phenoxy) is 2. The van der Waals surface area contributed by atoms with Gasteiger partial charge in [0.1, 0.15) is 30.5 Å². The number of aliphatic hydroxyl groups is 6. The third kappa shape index (κ3) is 30.1. The number of amides is 1. The molecule has 0 aromatic heterocycles. The molecule has 0 aromatic rings. The van der Waals surface area contributed by atoms with E-state index in [1.807, 2.05) is 6.08 Å². The van der Waals surface area contributed by atoms with E-state index >= 15 is 0 Å². The van der Waals surface area contributed by atoms with Crippen molar-refractivity contribution in [1.29, 1.82) is 0 Å². The second-order valence-corrected chi connectivity index (χ2v) is 18.6. The number of rotatable bonds is 42. The summed E-state index contributed by atoms with van der Waals surface area (Å²) < 4.78 is 11.1. The number of unbranched alkanes of at least 4 members (excludes halogenated alkanes) is 29. The van der Waals surface area contributed by atoms with Crippen LogP contribution in [-0.2, 0) is 14.3 Å². The monoisotopic (exact) mass is 856 g/mol. The Morgan fingerprint density at radius 3 is 1.45 bits per heavy atom. The van der Waals surface area contributed by atoms with Gasteiger partial charge in [-0.15, -0.1) is 0 Å². The molecule has 0 bridgehead atoms. The molecule has 1 fully saturated rings. The molecule has 0 spiro atoms. The summed E-state index contributed by atoms with van der Waals surface area (Å²) in [7, 11) is 0. The predicted molar refractivity (Wildman–Crippen MR) is 246 cm³/mol. The minimum atomic E-state index is -1.61. The third-order valence-corrected chi connectivity index (χ3v) is 12.4. The number of hydrogen-bond acceptors (Lipinski definition) is 9. The lowest BCUT2D eigenvalue weighted by Gasteiger charge is -2.40. The Labute approximate surface area is 368 Å². The molecule has 0 aliphatic carbocycles. The van der Waals surface area contributed by atoms with Gasteiger partial charge in [-0.05, 0) is 25.2 Å². The van der Waals surface area contributed by atoms with Gasteiger partial charge in [0.05, 0.1) is 25.4 Å². The number of allylic oxidation sites excluding steroid dienone is 1. The van der Waals surface area contributed by atoms with Gasteiger partial charge in [-0.1, -0.05) is 226 Å². The molecule has 1 aliphatic rings. The lowest BCUT2D eigenvalue weighted by molar-refractivity contribution is -0.302.